The van der Waals surface area contributed by atoms with E-state index in [0.717, 1.165) is 5.25 Å². The highest BCUT2D eigenvalue weighted by atomic mass is 33.1. The molecule has 9 heavy (non-hydrogen) atoms. The van der Waals surface area contributed by atoms with Crippen LogP contribution in [0.25, 0.3) is 0 Å². The van der Waals surface area contributed by atoms with Crippen molar-refractivity contribution in [2.24, 2.45) is 0 Å². The van der Waals surface area contributed by atoms with E-state index >= 15 is 0 Å². The molecule has 0 unspecified atom stereocenters. The Hall–Kier alpha value is 0.700. The summed E-state index contributed by atoms with van der Waals surface area (Å²) >= 11 is 0. The fraction of sp³-hybridized carbons (Fsp3) is 1.00. The summed E-state index contributed by atoms with van der Waals surface area (Å²) in [5.74, 6) is 0. The molecule has 1 aliphatic heterocycles. The van der Waals surface area contributed by atoms with Gasteiger partial charge in [0.05, 0.1) is 0 Å². The summed E-state index contributed by atoms with van der Waals surface area (Å²) in [5, 5.41) is 0.921. The van der Waals surface area contributed by atoms with E-state index in [4.69, 9.17) is 0 Å². The molecule has 54 valence electrons. The summed E-state index contributed by atoms with van der Waals surface area (Å²) in [6.07, 6.45) is 2.72. The van der Waals surface area contributed by atoms with Gasteiger partial charge >= 0.3 is 0 Å². The molecule has 0 spiro atoms. The number of hydrogen-bond acceptors (Lipinski definition) is 2. The molecule has 0 aromatic rings. The van der Waals surface area contributed by atoms with E-state index in [9.17, 15) is 0 Å². The Kier molecular flexibility index (Phi) is 2.38. The van der Waals surface area contributed by atoms with Crippen LogP contribution in [-0.2, 0) is 0 Å². The molecule has 0 nitrogen and oxygen atoms in total. The summed E-state index contributed by atoms with van der Waals surface area (Å²) in [6.45, 7) is 6.94. The van der Waals surface area contributed by atoms with Crippen molar-refractivity contribution in [2.45, 2.75) is 43.6 Å². The third kappa shape index (κ3) is 2.08. The summed E-state index contributed by atoms with van der Waals surface area (Å²) < 4.78 is 0.547. The third-order valence-electron chi connectivity index (χ3n) is 1.58. The van der Waals surface area contributed by atoms with E-state index in [-0.39, 0.29) is 0 Å². The summed E-state index contributed by atoms with van der Waals surface area (Å²) in [4.78, 5) is 0. The molecule has 0 aromatic heterocycles. The van der Waals surface area contributed by atoms with Crippen molar-refractivity contribution < 1.29 is 0 Å². The van der Waals surface area contributed by atoms with Crippen LogP contribution in [0.4, 0.5) is 0 Å². The highest BCUT2D eigenvalue weighted by Crippen LogP contribution is 2.51. The number of rotatable bonds is 1. The predicted octanol–water partition coefficient (Wildman–Crippen LogP) is 3.33. The maximum atomic E-state index is 2.33. The SMILES string of the molecule is CC[C@@H]1CC(C)(C)SS1. The maximum absolute atomic E-state index is 2.33. The van der Waals surface area contributed by atoms with Crippen molar-refractivity contribution in [2.75, 3.05) is 0 Å². The molecular formula is C7H14S2. The van der Waals surface area contributed by atoms with Crippen molar-refractivity contribution in [3.8, 4) is 0 Å². The molecule has 0 bridgehead atoms. The van der Waals surface area contributed by atoms with Crippen LogP contribution in [0.3, 0.4) is 0 Å². The average Bonchev–Trinajstić information content (AvgIpc) is 2.10. The number of hydrogen-bond donors (Lipinski definition) is 0. The van der Waals surface area contributed by atoms with Gasteiger partial charge in [-0.1, -0.05) is 28.5 Å². The van der Waals surface area contributed by atoms with Gasteiger partial charge in [0.2, 0.25) is 0 Å². The first kappa shape index (κ1) is 7.80. The van der Waals surface area contributed by atoms with Gasteiger partial charge in [-0.05, 0) is 26.7 Å². The lowest BCUT2D eigenvalue weighted by Crippen LogP contribution is -2.12. The standard InChI is InChI=1S/C7H14S2/c1-4-6-5-7(2,3)9-8-6/h6H,4-5H2,1-3H3/t6-/m1/s1. The lowest BCUT2D eigenvalue weighted by molar-refractivity contribution is 0.620. The van der Waals surface area contributed by atoms with Crippen molar-refractivity contribution in [3.63, 3.8) is 0 Å². The van der Waals surface area contributed by atoms with Gasteiger partial charge in [0.15, 0.2) is 0 Å². The molecule has 0 N–H and O–H groups in total. The zero-order valence-electron chi connectivity index (χ0n) is 6.31. The van der Waals surface area contributed by atoms with Crippen LogP contribution in [0.1, 0.15) is 33.6 Å². The Morgan fingerprint density at radius 2 is 2.22 bits per heavy atom. The first-order chi connectivity index (χ1) is 4.14. The Morgan fingerprint density at radius 1 is 1.56 bits per heavy atom. The van der Waals surface area contributed by atoms with Crippen LogP contribution in [0.5, 0.6) is 0 Å². The van der Waals surface area contributed by atoms with Crippen molar-refractivity contribution in [1.82, 2.24) is 0 Å². The van der Waals surface area contributed by atoms with Gasteiger partial charge < -0.3 is 0 Å². The highest BCUT2D eigenvalue weighted by molar-refractivity contribution is 8.77. The van der Waals surface area contributed by atoms with E-state index in [1.165, 1.54) is 12.8 Å². The minimum absolute atomic E-state index is 0.547. The second-order valence-corrected chi connectivity index (χ2v) is 6.38. The molecule has 1 aliphatic rings. The van der Waals surface area contributed by atoms with Crippen LogP contribution >= 0.6 is 21.6 Å². The first-order valence-corrected chi connectivity index (χ1v) is 5.70. The summed E-state index contributed by atoms with van der Waals surface area (Å²) in [6, 6.07) is 0. The fourth-order valence-corrected chi connectivity index (χ4v) is 4.43. The maximum Gasteiger partial charge on any atom is 0.0218 e. The van der Waals surface area contributed by atoms with Gasteiger partial charge in [0, 0.05) is 10.00 Å². The largest absolute Gasteiger partial charge is 0.0901 e. The molecule has 0 aliphatic carbocycles. The van der Waals surface area contributed by atoms with Crippen LogP contribution in [-0.4, -0.2) is 10.00 Å². The molecule has 1 rings (SSSR count). The Bertz CT molecular complexity index is 99.1. The fourth-order valence-electron chi connectivity index (χ4n) is 1.03. The molecule has 0 saturated carbocycles. The molecular weight excluding hydrogens is 148 g/mol. The molecule has 0 aromatic carbocycles. The van der Waals surface area contributed by atoms with Gasteiger partial charge in [0.25, 0.3) is 0 Å². The van der Waals surface area contributed by atoms with Crippen LogP contribution in [0.15, 0.2) is 0 Å². The minimum Gasteiger partial charge on any atom is -0.0901 e. The average molecular weight is 162 g/mol. The van der Waals surface area contributed by atoms with E-state index in [1.807, 2.05) is 10.8 Å². The predicted molar refractivity (Wildman–Crippen MR) is 48.0 cm³/mol. The third-order valence-corrected chi connectivity index (χ3v) is 5.53. The van der Waals surface area contributed by atoms with Crippen molar-refractivity contribution in [1.29, 1.82) is 0 Å². The molecule has 0 amide bonds. The van der Waals surface area contributed by atoms with Gasteiger partial charge in [-0.2, -0.15) is 0 Å². The normalized spacial score (nSPS) is 33.0. The summed E-state index contributed by atoms with van der Waals surface area (Å²) in [7, 11) is 4.11. The molecule has 2 heteroatoms. The Morgan fingerprint density at radius 3 is 2.44 bits per heavy atom. The van der Waals surface area contributed by atoms with E-state index in [1.54, 1.807) is 0 Å². The van der Waals surface area contributed by atoms with Gasteiger partial charge in [-0.25, -0.2) is 0 Å². The molecule has 1 atom stereocenters. The topological polar surface area (TPSA) is 0 Å². The molecule has 1 fully saturated rings. The van der Waals surface area contributed by atoms with Gasteiger partial charge in [0.1, 0.15) is 0 Å². The highest BCUT2D eigenvalue weighted by Gasteiger charge is 2.31. The van der Waals surface area contributed by atoms with E-state index in [0.29, 0.717) is 4.75 Å². The zero-order chi connectivity index (χ0) is 6.91. The van der Waals surface area contributed by atoms with Gasteiger partial charge in [-0.15, -0.1) is 0 Å². The minimum atomic E-state index is 0.547. The van der Waals surface area contributed by atoms with Crippen molar-refractivity contribution in [3.05, 3.63) is 0 Å². The molecule has 1 heterocycles. The monoisotopic (exact) mass is 162 g/mol. The Balaban J connectivity index is 2.38. The second-order valence-electron chi connectivity index (χ2n) is 3.17. The second kappa shape index (κ2) is 2.75. The van der Waals surface area contributed by atoms with Crippen LogP contribution < -0.4 is 0 Å². The lowest BCUT2D eigenvalue weighted by Gasteiger charge is -2.13. The van der Waals surface area contributed by atoms with Gasteiger partial charge in [-0.3, -0.25) is 0 Å². The molecule has 1 saturated heterocycles. The van der Waals surface area contributed by atoms with Crippen LogP contribution in [0.2, 0.25) is 0 Å². The first-order valence-electron chi connectivity index (χ1n) is 3.48. The zero-order valence-corrected chi connectivity index (χ0v) is 7.94. The van der Waals surface area contributed by atoms with Crippen LogP contribution in [0, 0.1) is 0 Å². The smallest absolute Gasteiger partial charge is 0.0218 e. The van der Waals surface area contributed by atoms with E-state index < -0.39 is 0 Å². The molecule has 0 radical (unpaired) electrons. The lowest BCUT2D eigenvalue weighted by atomic mass is 10.1. The summed E-state index contributed by atoms with van der Waals surface area (Å²) in [5.41, 5.74) is 0. The Labute approximate surface area is 65.6 Å². The quantitative estimate of drug-likeness (QED) is 0.542. The van der Waals surface area contributed by atoms with E-state index in [2.05, 4.69) is 31.6 Å². The van der Waals surface area contributed by atoms with Crippen molar-refractivity contribution >= 4 is 21.6 Å².